The summed E-state index contributed by atoms with van der Waals surface area (Å²) in [6.07, 6.45) is 5.88. The second kappa shape index (κ2) is 5.83. The fraction of sp³-hybridized carbons (Fsp3) is 0.250. The van der Waals surface area contributed by atoms with Gasteiger partial charge >= 0.3 is 0 Å². The average molecular weight is 287 g/mol. The van der Waals surface area contributed by atoms with Gasteiger partial charge < -0.3 is 10.3 Å². The van der Waals surface area contributed by atoms with Gasteiger partial charge in [0.1, 0.15) is 21.9 Å². The van der Waals surface area contributed by atoms with Crippen LogP contribution >= 0.6 is 11.8 Å². The van der Waals surface area contributed by atoms with Gasteiger partial charge in [0.25, 0.3) is 0 Å². The number of hydrogen-bond acceptors (Lipinski definition) is 7. The molecule has 0 bridgehead atoms. The normalized spacial score (nSPS) is 10.8. The Kier molecular flexibility index (Phi) is 3.73. The average Bonchev–Trinajstić information content (AvgIpc) is 2.95. The van der Waals surface area contributed by atoms with Crippen LogP contribution in [0.3, 0.4) is 0 Å². The molecule has 7 nitrogen and oxygen atoms in total. The molecule has 2 N–H and O–H groups in total. The van der Waals surface area contributed by atoms with Gasteiger partial charge in [0.2, 0.25) is 5.95 Å². The summed E-state index contributed by atoms with van der Waals surface area (Å²) >= 11 is 1.46. The van der Waals surface area contributed by atoms with Gasteiger partial charge in [-0.25, -0.2) is 24.9 Å². The number of rotatable bonds is 5. The van der Waals surface area contributed by atoms with E-state index in [9.17, 15) is 0 Å². The van der Waals surface area contributed by atoms with Gasteiger partial charge in [0.15, 0.2) is 5.65 Å². The van der Waals surface area contributed by atoms with Gasteiger partial charge in [0.05, 0.1) is 6.33 Å². The molecule has 0 fully saturated rings. The standard InChI is InChI=1S/C12H13N7S/c1-2-4-13-12-14-5-3-8(19-12)20-11-9-10(16-6-15-9)17-7-18-11/h3,5-7H,2,4H2,1H3,(H,13,14,19)(H,15,16,17,18). The zero-order valence-corrected chi connectivity index (χ0v) is 11.7. The number of fused-ring (bicyclic) bond motifs is 1. The Morgan fingerprint density at radius 1 is 1.25 bits per heavy atom. The van der Waals surface area contributed by atoms with E-state index >= 15 is 0 Å². The maximum absolute atomic E-state index is 4.44. The first-order chi connectivity index (χ1) is 9.86. The molecule has 0 saturated carbocycles. The van der Waals surface area contributed by atoms with Gasteiger partial charge in [-0.1, -0.05) is 6.92 Å². The SMILES string of the molecule is CCCNc1nccc(Sc2ncnc3nc[nH]c23)n1. The Morgan fingerprint density at radius 3 is 3.10 bits per heavy atom. The van der Waals surface area contributed by atoms with Crippen molar-refractivity contribution < 1.29 is 0 Å². The van der Waals surface area contributed by atoms with Crippen LogP contribution in [0.2, 0.25) is 0 Å². The molecule has 3 aromatic heterocycles. The van der Waals surface area contributed by atoms with E-state index in [1.807, 2.05) is 6.07 Å². The van der Waals surface area contributed by atoms with Crippen LogP contribution in [0.1, 0.15) is 13.3 Å². The third-order valence-corrected chi connectivity index (χ3v) is 3.49. The van der Waals surface area contributed by atoms with Crippen LogP contribution in [0.4, 0.5) is 5.95 Å². The van der Waals surface area contributed by atoms with Crippen LogP contribution in [0, 0.1) is 0 Å². The van der Waals surface area contributed by atoms with Crippen molar-refractivity contribution in [2.45, 2.75) is 23.4 Å². The Labute approximate surface area is 119 Å². The summed E-state index contributed by atoms with van der Waals surface area (Å²) in [5.41, 5.74) is 1.47. The molecular formula is C12H13N7S. The Hall–Kier alpha value is -2.22. The number of anilines is 1. The van der Waals surface area contributed by atoms with E-state index in [1.54, 1.807) is 12.5 Å². The van der Waals surface area contributed by atoms with Gasteiger partial charge in [-0.15, -0.1) is 0 Å². The van der Waals surface area contributed by atoms with Crippen molar-refractivity contribution in [2.24, 2.45) is 0 Å². The quantitative estimate of drug-likeness (QED) is 0.694. The third kappa shape index (κ3) is 2.69. The van der Waals surface area contributed by atoms with Crippen LogP contribution in [-0.2, 0) is 0 Å². The molecule has 20 heavy (non-hydrogen) atoms. The molecule has 0 amide bonds. The maximum Gasteiger partial charge on any atom is 0.223 e. The highest BCUT2D eigenvalue weighted by molar-refractivity contribution is 7.99. The second-order valence-electron chi connectivity index (χ2n) is 4.03. The number of nitrogens with one attached hydrogen (secondary N) is 2. The van der Waals surface area contributed by atoms with E-state index in [4.69, 9.17) is 0 Å². The summed E-state index contributed by atoms with van der Waals surface area (Å²) in [5, 5.41) is 4.79. The topological polar surface area (TPSA) is 92.3 Å². The maximum atomic E-state index is 4.44. The highest BCUT2D eigenvalue weighted by atomic mass is 32.2. The lowest BCUT2D eigenvalue weighted by atomic mass is 10.5. The van der Waals surface area contributed by atoms with Gasteiger partial charge in [0, 0.05) is 12.7 Å². The van der Waals surface area contributed by atoms with E-state index in [0.29, 0.717) is 11.6 Å². The first-order valence-corrected chi connectivity index (χ1v) is 7.07. The molecule has 3 rings (SSSR count). The second-order valence-corrected chi connectivity index (χ2v) is 5.04. The number of H-pyrrole nitrogens is 1. The molecule has 0 spiro atoms. The highest BCUT2D eigenvalue weighted by Crippen LogP contribution is 2.28. The molecule has 3 aromatic rings. The monoisotopic (exact) mass is 287 g/mol. The minimum atomic E-state index is 0.631. The van der Waals surface area contributed by atoms with Crippen molar-refractivity contribution in [3.8, 4) is 0 Å². The van der Waals surface area contributed by atoms with Crippen molar-refractivity contribution >= 4 is 28.9 Å². The van der Waals surface area contributed by atoms with Crippen molar-refractivity contribution in [3.05, 3.63) is 24.9 Å². The zero-order chi connectivity index (χ0) is 13.8. The molecule has 0 unspecified atom stereocenters. The lowest BCUT2D eigenvalue weighted by Gasteiger charge is -2.04. The molecule has 8 heteroatoms. The Balaban J connectivity index is 1.85. The van der Waals surface area contributed by atoms with Crippen molar-refractivity contribution in [1.82, 2.24) is 29.9 Å². The Bertz CT molecular complexity index is 712. The van der Waals surface area contributed by atoms with Gasteiger partial charge in [-0.05, 0) is 24.2 Å². The molecule has 0 saturated heterocycles. The van der Waals surface area contributed by atoms with Crippen molar-refractivity contribution in [1.29, 1.82) is 0 Å². The number of nitrogens with zero attached hydrogens (tertiary/aromatic N) is 5. The largest absolute Gasteiger partial charge is 0.354 e. The fourth-order valence-electron chi connectivity index (χ4n) is 1.64. The van der Waals surface area contributed by atoms with Crippen LogP contribution < -0.4 is 5.32 Å². The summed E-state index contributed by atoms with van der Waals surface area (Å²) in [4.78, 5) is 24.1. The van der Waals surface area contributed by atoms with E-state index in [-0.39, 0.29) is 0 Å². The predicted octanol–water partition coefficient (Wildman–Crippen LogP) is 2.12. The smallest absolute Gasteiger partial charge is 0.223 e. The summed E-state index contributed by atoms with van der Waals surface area (Å²) in [7, 11) is 0. The molecule has 0 atom stereocenters. The van der Waals surface area contributed by atoms with E-state index in [1.165, 1.54) is 18.1 Å². The number of hydrogen-bond donors (Lipinski definition) is 2. The van der Waals surface area contributed by atoms with E-state index < -0.39 is 0 Å². The molecule has 0 aromatic carbocycles. The molecule has 3 heterocycles. The molecular weight excluding hydrogens is 274 g/mol. The minimum absolute atomic E-state index is 0.631. The number of aromatic nitrogens is 6. The van der Waals surface area contributed by atoms with Gasteiger partial charge in [-0.3, -0.25) is 0 Å². The van der Waals surface area contributed by atoms with Crippen LogP contribution in [0.5, 0.6) is 0 Å². The highest BCUT2D eigenvalue weighted by Gasteiger charge is 2.09. The zero-order valence-electron chi connectivity index (χ0n) is 10.9. The predicted molar refractivity (Wildman–Crippen MR) is 76.6 cm³/mol. The summed E-state index contributed by atoms with van der Waals surface area (Å²) in [6, 6.07) is 1.85. The van der Waals surface area contributed by atoms with Crippen LogP contribution in [-0.4, -0.2) is 36.4 Å². The molecule has 0 radical (unpaired) electrons. The van der Waals surface area contributed by atoms with Crippen molar-refractivity contribution in [3.63, 3.8) is 0 Å². The van der Waals surface area contributed by atoms with Crippen molar-refractivity contribution in [2.75, 3.05) is 11.9 Å². The number of imidazole rings is 1. The first-order valence-electron chi connectivity index (χ1n) is 6.25. The summed E-state index contributed by atoms with van der Waals surface area (Å²) in [5.74, 6) is 0.631. The first kappa shape index (κ1) is 12.8. The third-order valence-electron chi connectivity index (χ3n) is 2.55. The molecule has 0 aliphatic carbocycles. The van der Waals surface area contributed by atoms with Crippen LogP contribution in [0.25, 0.3) is 11.2 Å². The van der Waals surface area contributed by atoms with Crippen LogP contribution in [0.15, 0.2) is 35.0 Å². The fourth-order valence-corrected chi connectivity index (χ4v) is 2.45. The lowest BCUT2D eigenvalue weighted by molar-refractivity contribution is 0.934. The summed E-state index contributed by atoms with van der Waals surface area (Å²) in [6.45, 7) is 2.95. The van der Waals surface area contributed by atoms with E-state index in [2.05, 4.69) is 42.1 Å². The van der Waals surface area contributed by atoms with Gasteiger partial charge in [-0.2, -0.15) is 0 Å². The van der Waals surface area contributed by atoms with E-state index in [0.717, 1.165) is 28.5 Å². The Morgan fingerprint density at radius 2 is 2.20 bits per heavy atom. The molecule has 0 aliphatic heterocycles. The molecule has 102 valence electrons. The number of aromatic amines is 1. The minimum Gasteiger partial charge on any atom is -0.354 e. The molecule has 0 aliphatic rings. The lowest BCUT2D eigenvalue weighted by Crippen LogP contribution is -2.04. The summed E-state index contributed by atoms with van der Waals surface area (Å²) < 4.78 is 0.